The topological polar surface area (TPSA) is 38.6 Å². The van der Waals surface area contributed by atoms with Gasteiger partial charge in [-0.25, -0.2) is 0 Å². The predicted molar refractivity (Wildman–Crippen MR) is 194 cm³/mol. The molecular formula is C43H26N4. The molecule has 7 aromatic carbocycles. The Bertz CT molecular complexity index is 2710. The van der Waals surface area contributed by atoms with Crippen LogP contribution in [-0.4, -0.2) is 13.7 Å². The van der Waals surface area contributed by atoms with Crippen LogP contribution >= 0.6 is 0 Å². The van der Waals surface area contributed by atoms with Crippen molar-refractivity contribution in [3.05, 3.63) is 163 Å². The van der Waals surface area contributed by atoms with Gasteiger partial charge in [0.15, 0.2) is 0 Å². The smallest absolute Gasteiger partial charge is 0.0991 e. The van der Waals surface area contributed by atoms with Crippen molar-refractivity contribution in [1.29, 1.82) is 5.26 Å². The SMILES string of the molecule is N#Cc1ccc(-n2c3ccc4c5ccccc5n(-c5ccccc5)c4c3c3c2ccc2c4ccccc4n(-c4ccccc4)c23)cc1. The van der Waals surface area contributed by atoms with E-state index in [1.54, 1.807) is 0 Å². The highest BCUT2D eigenvalue weighted by Gasteiger charge is 2.25. The fraction of sp³-hybridized carbons (Fsp3) is 0. The molecule has 0 saturated heterocycles. The first-order chi connectivity index (χ1) is 23.3. The molecule has 0 bridgehead atoms. The fourth-order valence-corrected chi connectivity index (χ4v) is 7.74. The summed E-state index contributed by atoms with van der Waals surface area (Å²) in [7, 11) is 0. The molecule has 0 fully saturated rings. The van der Waals surface area contributed by atoms with Crippen LogP contribution in [0.2, 0.25) is 0 Å². The van der Waals surface area contributed by atoms with Crippen molar-refractivity contribution in [2.45, 2.75) is 0 Å². The van der Waals surface area contributed by atoms with Gasteiger partial charge < -0.3 is 13.7 Å². The van der Waals surface area contributed by atoms with Crippen LogP contribution in [0, 0.1) is 11.3 Å². The maximum atomic E-state index is 9.59. The predicted octanol–water partition coefficient (Wildman–Crippen LogP) is 10.8. The molecule has 0 spiro atoms. The number of para-hydroxylation sites is 4. The van der Waals surface area contributed by atoms with Gasteiger partial charge in [0.1, 0.15) is 0 Å². The van der Waals surface area contributed by atoms with E-state index in [0.29, 0.717) is 5.56 Å². The average molecular weight is 599 g/mol. The van der Waals surface area contributed by atoms with Gasteiger partial charge in [-0.15, -0.1) is 0 Å². The Morgan fingerprint density at radius 1 is 0.340 bits per heavy atom. The number of aromatic nitrogens is 3. The summed E-state index contributed by atoms with van der Waals surface area (Å²) >= 11 is 0. The van der Waals surface area contributed by atoms with E-state index in [4.69, 9.17) is 0 Å². The Hall–Kier alpha value is -6.57. The Kier molecular flexibility index (Phi) is 5.32. The summed E-state index contributed by atoms with van der Waals surface area (Å²) in [5, 5.41) is 16.9. The molecule has 0 aliphatic heterocycles. The first-order valence-corrected chi connectivity index (χ1v) is 15.9. The molecule has 0 saturated carbocycles. The lowest BCUT2D eigenvalue weighted by Crippen LogP contribution is -1.95. The Morgan fingerprint density at radius 3 is 1.23 bits per heavy atom. The van der Waals surface area contributed by atoms with Crippen molar-refractivity contribution in [2.75, 3.05) is 0 Å². The molecule has 0 amide bonds. The lowest BCUT2D eigenvalue weighted by atomic mass is 10.0. The highest BCUT2D eigenvalue weighted by Crippen LogP contribution is 2.46. The third-order valence-corrected chi connectivity index (χ3v) is 9.64. The van der Waals surface area contributed by atoms with Crippen LogP contribution in [0.5, 0.6) is 0 Å². The second-order valence-electron chi connectivity index (χ2n) is 12.1. The van der Waals surface area contributed by atoms with E-state index in [-0.39, 0.29) is 0 Å². The average Bonchev–Trinajstić information content (AvgIpc) is 3.78. The zero-order chi connectivity index (χ0) is 31.1. The first kappa shape index (κ1) is 25.7. The van der Waals surface area contributed by atoms with Crippen molar-refractivity contribution in [3.63, 3.8) is 0 Å². The summed E-state index contributed by atoms with van der Waals surface area (Å²) < 4.78 is 7.23. The second kappa shape index (κ2) is 9.71. The van der Waals surface area contributed by atoms with Crippen LogP contribution in [-0.2, 0) is 0 Å². The van der Waals surface area contributed by atoms with E-state index in [1.807, 2.05) is 12.1 Å². The summed E-state index contributed by atoms with van der Waals surface area (Å²) in [6.07, 6.45) is 0. The quantitative estimate of drug-likeness (QED) is 0.199. The van der Waals surface area contributed by atoms with E-state index >= 15 is 0 Å². The summed E-state index contributed by atoms with van der Waals surface area (Å²) in [5.41, 5.74) is 10.9. The number of benzene rings is 7. The largest absolute Gasteiger partial charge is 0.309 e. The number of hydrogen-bond donors (Lipinski definition) is 0. The van der Waals surface area contributed by atoms with Gasteiger partial charge in [0, 0.05) is 49.4 Å². The molecule has 4 nitrogen and oxygen atoms in total. The minimum Gasteiger partial charge on any atom is -0.309 e. The number of rotatable bonds is 3. The van der Waals surface area contributed by atoms with Gasteiger partial charge in [-0.1, -0.05) is 84.9 Å². The Balaban J connectivity index is 1.52. The lowest BCUT2D eigenvalue weighted by Gasteiger charge is -2.11. The van der Waals surface area contributed by atoms with Gasteiger partial charge in [0.05, 0.1) is 44.7 Å². The van der Waals surface area contributed by atoms with Crippen molar-refractivity contribution in [2.24, 2.45) is 0 Å². The summed E-state index contributed by atoms with van der Waals surface area (Å²) in [6.45, 7) is 0. The normalized spacial score (nSPS) is 11.8. The van der Waals surface area contributed by atoms with E-state index in [2.05, 4.69) is 165 Å². The molecule has 0 atom stereocenters. The molecule has 10 rings (SSSR count). The highest BCUT2D eigenvalue weighted by atomic mass is 15.0. The summed E-state index contributed by atoms with van der Waals surface area (Å²) in [4.78, 5) is 0. The van der Waals surface area contributed by atoms with Gasteiger partial charge in [-0.2, -0.15) is 5.26 Å². The van der Waals surface area contributed by atoms with Crippen LogP contribution in [0.4, 0.5) is 0 Å². The van der Waals surface area contributed by atoms with Crippen molar-refractivity contribution < 1.29 is 0 Å². The number of nitriles is 1. The Labute approximate surface area is 270 Å². The van der Waals surface area contributed by atoms with Gasteiger partial charge in [0.25, 0.3) is 0 Å². The van der Waals surface area contributed by atoms with Crippen LogP contribution in [0.1, 0.15) is 5.56 Å². The van der Waals surface area contributed by atoms with Crippen molar-refractivity contribution in [1.82, 2.24) is 13.7 Å². The monoisotopic (exact) mass is 598 g/mol. The van der Waals surface area contributed by atoms with Gasteiger partial charge in [-0.05, 0) is 72.8 Å². The third kappa shape index (κ3) is 3.51. The number of fused-ring (bicyclic) bond motifs is 11. The van der Waals surface area contributed by atoms with E-state index in [0.717, 1.165) is 28.1 Å². The van der Waals surface area contributed by atoms with Crippen molar-refractivity contribution >= 4 is 65.4 Å². The lowest BCUT2D eigenvalue weighted by molar-refractivity contribution is 1.17. The third-order valence-electron chi connectivity index (χ3n) is 9.64. The Morgan fingerprint density at radius 2 is 0.766 bits per heavy atom. The van der Waals surface area contributed by atoms with E-state index < -0.39 is 0 Å². The zero-order valence-corrected chi connectivity index (χ0v) is 25.3. The molecule has 3 heterocycles. The van der Waals surface area contributed by atoms with E-state index in [1.165, 1.54) is 54.4 Å². The molecule has 4 heteroatoms. The van der Waals surface area contributed by atoms with Crippen LogP contribution < -0.4 is 0 Å². The maximum absolute atomic E-state index is 9.59. The molecule has 3 aromatic heterocycles. The van der Waals surface area contributed by atoms with Crippen LogP contribution in [0.15, 0.2) is 158 Å². The molecular weight excluding hydrogens is 573 g/mol. The molecule has 47 heavy (non-hydrogen) atoms. The van der Waals surface area contributed by atoms with Gasteiger partial charge in [-0.3, -0.25) is 0 Å². The van der Waals surface area contributed by atoms with Crippen LogP contribution in [0.25, 0.3) is 82.5 Å². The maximum Gasteiger partial charge on any atom is 0.0991 e. The molecule has 0 unspecified atom stereocenters. The molecule has 0 aliphatic carbocycles. The molecule has 0 N–H and O–H groups in total. The van der Waals surface area contributed by atoms with E-state index in [9.17, 15) is 5.26 Å². The fourth-order valence-electron chi connectivity index (χ4n) is 7.74. The first-order valence-electron chi connectivity index (χ1n) is 15.9. The van der Waals surface area contributed by atoms with Gasteiger partial charge in [0.2, 0.25) is 0 Å². The summed E-state index contributed by atoms with van der Waals surface area (Å²) in [5.74, 6) is 0. The molecule has 218 valence electrons. The molecule has 0 aliphatic rings. The highest BCUT2D eigenvalue weighted by molar-refractivity contribution is 6.33. The summed E-state index contributed by atoms with van der Waals surface area (Å²) in [6, 6.07) is 58.2. The van der Waals surface area contributed by atoms with Crippen LogP contribution in [0.3, 0.4) is 0 Å². The van der Waals surface area contributed by atoms with Crippen molar-refractivity contribution in [3.8, 4) is 23.1 Å². The standard InChI is InChI=1S/C43H26N4/c44-27-28-19-21-31(22-20-28)45-38-25-23-34-32-15-7-9-17-36(32)46(29-11-3-1-4-12-29)42(34)40(38)41-39(45)26-24-35-33-16-8-10-18-37(33)47(43(35)41)30-13-5-2-6-14-30/h1-26H. The number of hydrogen-bond acceptors (Lipinski definition) is 1. The second-order valence-corrected chi connectivity index (χ2v) is 12.1. The minimum atomic E-state index is 0.646. The number of nitrogens with zero attached hydrogens (tertiary/aromatic N) is 4. The molecule has 10 aromatic rings. The van der Waals surface area contributed by atoms with Gasteiger partial charge >= 0.3 is 0 Å². The molecule has 0 radical (unpaired) electrons. The minimum absolute atomic E-state index is 0.646. The zero-order valence-electron chi connectivity index (χ0n) is 25.3.